The molecule has 0 aliphatic heterocycles. The van der Waals surface area contributed by atoms with Crippen molar-refractivity contribution in [2.24, 2.45) is 0 Å². The minimum atomic E-state index is -0.621. The number of carbonyl (C=O) groups excluding carboxylic acids is 1. The SMILES string of the molecule is COC(=O)c1ncn(-c2cc(Cl)c(OC)cc2OC)c1N. The van der Waals surface area contributed by atoms with Crippen molar-refractivity contribution in [3.8, 4) is 17.2 Å². The molecule has 1 aromatic carbocycles. The zero-order valence-electron chi connectivity index (χ0n) is 11.7. The van der Waals surface area contributed by atoms with Gasteiger partial charge in [0.25, 0.3) is 0 Å². The fourth-order valence-electron chi connectivity index (χ4n) is 1.84. The highest BCUT2D eigenvalue weighted by molar-refractivity contribution is 6.32. The van der Waals surface area contributed by atoms with Crippen molar-refractivity contribution in [1.82, 2.24) is 9.55 Å². The highest BCUT2D eigenvalue weighted by Crippen LogP contribution is 2.36. The molecule has 0 atom stereocenters. The summed E-state index contributed by atoms with van der Waals surface area (Å²) < 4.78 is 16.5. The van der Waals surface area contributed by atoms with Gasteiger partial charge < -0.3 is 19.9 Å². The number of nitrogens with two attached hydrogens (primary N) is 1. The average Bonchev–Trinajstić information content (AvgIpc) is 2.87. The van der Waals surface area contributed by atoms with E-state index in [0.717, 1.165) is 0 Å². The largest absolute Gasteiger partial charge is 0.495 e. The van der Waals surface area contributed by atoms with Gasteiger partial charge in [-0.1, -0.05) is 11.6 Å². The van der Waals surface area contributed by atoms with Crippen LogP contribution in [0.3, 0.4) is 0 Å². The number of halogens is 1. The van der Waals surface area contributed by atoms with Gasteiger partial charge in [0, 0.05) is 6.07 Å². The summed E-state index contributed by atoms with van der Waals surface area (Å²) in [6.45, 7) is 0. The highest BCUT2D eigenvalue weighted by atomic mass is 35.5. The maximum Gasteiger partial charge on any atom is 0.360 e. The molecule has 0 aliphatic rings. The third kappa shape index (κ3) is 2.59. The summed E-state index contributed by atoms with van der Waals surface area (Å²) in [7, 11) is 4.26. The lowest BCUT2D eigenvalue weighted by atomic mass is 10.2. The summed E-state index contributed by atoms with van der Waals surface area (Å²) in [6, 6.07) is 3.23. The van der Waals surface area contributed by atoms with E-state index in [-0.39, 0.29) is 11.5 Å². The minimum Gasteiger partial charge on any atom is -0.495 e. The molecule has 0 saturated carbocycles. The zero-order chi connectivity index (χ0) is 15.6. The van der Waals surface area contributed by atoms with E-state index in [4.69, 9.17) is 26.8 Å². The molecule has 2 rings (SSSR count). The van der Waals surface area contributed by atoms with Crippen molar-refractivity contribution in [2.75, 3.05) is 27.1 Å². The van der Waals surface area contributed by atoms with Gasteiger partial charge in [-0.2, -0.15) is 0 Å². The van der Waals surface area contributed by atoms with Crippen LogP contribution in [0.4, 0.5) is 5.82 Å². The number of hydrogen-bond acceptors (Lipinski definition) is 6. The standard InChI is InChI=1S/C13H14ClN3O4/c1-19-9-5-10(20-2)8(4-7(9)14)17-6-16-11(12(17)15)13(18)21-3/h4-6H,15H2,1-3H3. The van der Waals surface area contributed by atoms with Gasteiger partial charge in [-0.15, -0.1) is 0 Å². The zero-order valence-corrected chi connectivity index (χ0v) is 12.5. The number of rotatable bonds is 4. The van der Waals surface area contributed by atoms with E-state index in [1.54, 1.807) is 12.1 Å². The van der Waals surface area contributed by atoms with Crippen LogP contribution in [0.25, 0.3) is 5.69 Å². The van der Waals surface area contributed by atoms with E-state index < -0.39 is 5.97 Å². The van der Waals surface area contributed by atoms with Crippen molar-refractivity contribution >= 4 is 23.4 Å². The first-order chi connectivity index (χ1) is 10.0. The second kappa shape index (κ2) is 5.92. The maximum absolute atomic E-state index is 11.5. The summed E-state index contributed by atoms with van der Waals surface area (Å²) in [6.07, 6.45) is 1.39. The van der Waals surface area contributed by atoms with E-state index in [0.29, 0.717) is 22.2 Å². The number of ether oxygens (including phenoxy) is 3. The molecule has 21 heavy (non-hydrogen) atoms. The van der Waals surface area contributed by atoms with Gasteiger partial charge in [0.15, 0.2) is 5.69 Å². The van der Waals surface area contributed by atoms with Crippen LogP contribution in [0.15, 0.2) is 18.5 Å². The van der Waals surface area contributed by atoms with Crippen molar-refractivity contribution in [3.63, 3.8) is 0 Å². The third-order valence-corrected chi connectivity index (χ3v) is 3.19. The number of nitrogen functional groups attached to an aromatic ring is 1. The molecule has 1 aromatic heterocycles. The molecule has 0 amide bonds. The monoisotopic (exact) mass is 311 g/mol. The number of imidazole rings is 1. The van der Waals surface area contributed by atoms with E-state index in [2.05, 4.69) is 9.72 Å². The lowest BCUT2D eigenvalue weighted by Crippen LogP contribution is -2.08. The van der Waals surface area contributed by atoms with Gasteiger partial charge in [0.05, 0.1) is 32.0 Å². The molecular weight excluding hydrogens is 298 g/mol. The number of methoxy groups -OCH3 is 3. The minimum absolute atomic E-state index is 0.0199. The van der Waals surface area contributed by atoms with Gasteiger partial charge in [-0.3, -0.25) is 4.57 Å². The van der Waals surface area contributed by atoms with Crippen molar-refractivity contribution < 1.29 is 19.0 Å². The number of carbonyl (C=O) groups is 1. The first-order valence-corrected chi connectivity index (χ1v) is 6.24. The molecule has 2 aromatic rings. The van der Waals surface area contributed by atoms with Crippen LogP contribution in [0.5, 0.6) is 11.5 Å². The Labute approximate surface area is 126 Å². The molecule has 7 nitrogen and oxygen atoms in total. The molecule has 1 heterocycles. The van der Waals surface area contributed by atoms with Gasteiger partial charge in [0.1, 0.15) is 23.6 Å². The molecule has 0 radical (unpaired) electrons. The van der Waals surface area contributed by atoms with Crippen LogP contribution >= 0.6 is 11.6 Å². The van der Waals surface area contributed by atoms with Crippen LogP contribution in [0.1, 0.15) is 10.5 Å². The molecule has 8 heteroatoms. The normalized spacial score (nSPS) is 10.3. The fourth-order valence-corrected chi connectivity index (χ4v) is 2.07. The molecule has 0 unspecified atom stereocenters. The van der Waals surface area contributed by atoms with Gasteiger partial charge >= 0.3 is 5.97 Å². The quantitative estimate of drug-likeness (QED) is 0.868. The predicted molar refractivity (Wildman–Crippen MR) is 77.4 cm³/mol. The number of esters is 1. The molecule has 0 spiro atoms. The fraction of sp³-hybridized carbons (Fsp3) is 0.231. The topological polar surface area (TPSA) is 88.6 Å². The van der Waals surface area contributed by atoms with Crippen molar-refractivity contribution in [2.45, 2.75) is 0 Å². The second-order valence-electron chi connectivity index (χ2n) is 4.00. The van der Waals surface area contributed by atoms with Crippen molar-refractivity contribution in [1.29, 1.82) is 0 Å². The molecular formula is C13H14ClN3O4. The van der Waals surface area contributed by atoms with E-state index in [9.17, 15) is 4.79 Å². The van der Waals surface area contributed by atoms with Crippen LogP contribution in [-0.2, 0) is 4.74 Å². The third-order valence-electron chi connectivity index (χ3n) is 2.90. The summed E-state index contributed by atoms with van der Waals surface area (Å²) in [4.78, 5) is 15.5. The number of nitrogens with zero attached hydrogens (tertiary/aromatic N) is 2. The first kappa shape index (κ1) is 15.0. The number of aromatic nitrogens is 2. The average molecular weight is 312 g/mol. The lowest BCUT2D eigenvalue weighted by Gasteiger charge is -2.13. The Morgan fingerprint density at radius 1 is 1.24 bits per heavy atom. The van der Waals surface area contributed by atoms with E-state index >= 15 is 0 Å². The van der Waals surface area contributed by atoms with E-state index in [1.165, 1.54) is 32.2 Å². The lowest BCUT2D eigenvalue weighted by molar-refractivity contribution is 0.0596. The molecule has 0 saturated heterocycles. The van der Waals surface area contributed by atoms with Crippen LogP contribution < -0.4 is 15.2 Å². The van der Waals surface area contributed by atoms with Gasteiger partial charge in [-0.25, -0.2) is 9.78 Å². The molecule has 0 aliphatic carbocycles. The smallest absolute Gasteiger partial charge is 0.360 e. The van der Waals surface area contributed by atoms with E-state index in [1.807, 2.05) is 0 Å². The van der Waals surface area contributed by atoms with Crippen LogP contribution in [0.2, 0.25) is 5.02 Å². The predicted octanol–water partition coefficient (Wildman–Crippen LogP) is 1.91. The van der Waals surface area contributed by atoms with Gasteiger partial charge in [0.2, 0.25) is 0 Å². The van der Waals surface area contributed by atoms with Crippen LogP contribution in [-0.4, -0.2) is 36.8 Å². The number of benzene rings is 1. The summed E-state index contributed by atoms with van der Waals surface area (Å²) in [5, 5.41) is 0.376. The van der Waals surface area contributed by atoms with Crippen LogP contribution in [0, 0.1) is 0 Å². The summed E-state index contributed by atoms with van der Waals surface area (Å²) in [5.41, 5.74) is 6.48. The Balaban J connectivity index is 2.59. The Morgan fingerprint density at radius 2 is 1.90 bits per heavy atom. The first-order valence-electron chi connectivity index (χ1n) is 5.86. The summed E-state index contributed by atoms with van der Waals surface area (Å²) in [5.74, 6) is 0.437. The highest BCUT2D eigenvalue weighted by Gasteiger charge is 2.20. The molecule has 112 valence electrons. The Morgan fingerprint density at radius 3 is 2.48 bits per heavy atom. The number of hydrogen-bond donors (Lipinski definition) is 1. The Kier molecular flexibility index (Phi) is 4.23. The van der Waals surface area contributed by atoms with Gasteiger partial charge in [-0.05, 0) is 6.07 Å². The maximum atomic E-state index is 11.5. The Bertz CT molecular complexity index is 684. The molecule has 2 N–H and O–H groups in total. The molecule has 0 bridgehead atoms. The summed E-state index contributed by atoms with van der Waals surface area (Å²) >= 11 is 6.11. The Hall–Kier alpha value is -2.41. The molecule has 0 fully saturated rings. The second-order valence-corrected chi connectivity index (χ2v) is 4.41. The number of anilines is 1. The van der Waals surface area contributed by atoms with Crippen molar-refractivity contribution in [3.05, 3.63) is 29.2 Å².